The van der Waals surface area contributed by atoms with Gasteiger partial charge in [0.25, 0.3) is 11.3 Å². The molecule has 7 nitrogen and oxygen atoms in total. The number of rotatable bonds is 10. The smallest absolute Gasteiger partial charge is 0.278 e. The van der Waals surface area contributed by atoms with Gasteiger partial charge in [0.15, 0.2) is 11.4 Å². The van der Waals surface area contributed by atoms with Crippen LogP contribution >= 0.6 is 11.6 Å². The van der Waals surface area contributed by atoms with E-state index < -0.39 is 35.2 Å². The van der Waals surface area contributed by atoms with Gasteiger partial charge < -0.3 is 14.7 Å². The van der Waals surface area contributed by atoms with E-state index in [4.69, 9.17) is 16.3 Å². The molecule has 0 unspecified atom stereocenters. The number of likely N-dealkylation sites (tertiary alicyclic amines) is 1. The number of aliphatic hydroxyl groups is 1. The maximum atomic E-state index is 14.4. The Morgan fingerprint density at radius 2 is 1.63 bits per heavy atom. The highest BCUT2D eigenvalue weighted by Gasteiger charge is 2.40. The quantitative estimate of drug-likeness (QED) is 0.190. The lowest BCUT2D eigenvalue weighted by Crippen LogP contribution is -2.47. The minimum Gasteiger partial charge on any atom is -0.483 e. The minimum atomic E-state index is -1.11. The fraction of sp³-hybridized carbons (Fsp3) is 0.216. The van der Waals surface area contributed by atoms with E-state index in [1.807, 2.05) is 60.7 Å². The van der Waals surface area contributed by atoms with Crippen LogP contribution in [-0.4, -0.2) is 44.4 Å². The van der Waals surface area contributed by atoms with Crippen molar-refractivity contribution in [2.45, 2.75) is 44.1 Å². The summed E-state index contributed by atoms with van der Waals surface area (Å²) in [4.78, 5) is 29.5. The Balaban J connectivity index is 1.34. The molecule has 0 bridgehead atoms. The molecule has 1 amide bonds. The predicted molar refractivity (Wildman–Crippen MR) is 175 cm³/mol. The van der Waals surface area contributed by atoms with E-state index in [1.54, 1.807) is 36.4 Å². The number of ether oxygens (including phenoxy) is 1. The first-order valence-electron chi connectivity index (χ1n) is 15.2. The van der Waals surface area contributed by atoms with Gasteiger partial charge in [-0.05, 0) is 59.4 Å². The highest BCUT2D eigenvalue weighted by atomic mass is 35.5. The number of aromatic nitrogens is 2. The molecule has 0 radical (unpaired) electrons. The van der Waals surface area contributed by atoms with Gasteiger partial charge in [0, 0.05) is 17.5 Å². The topological polar surface area (TPSA) is 84.7 Å². The molecule has 234 valence electrons. The van der Waals surface area contributed by atoms with Crippen molar-refractivity contribution < 1.29 is 19.0 Å². The summed E-state index contributed by atoms with van der Waals surface area (Å²) in [5, 5.41) is 17.0. The second kappa shape index (κ2) is 14.1. The van der Waals surface area contributed by atoms with E-state index in [2.05, 4.69) is 5.10 Å². The number of aliphatic hydroxyl groups excluding tert-OH is 1. The summed E-state index contributed by atoms with van der Waals surface area (Å²) in [6.45, 7) is 0.778. The van der Waals surface area contributed by atoms with E-state index in [0.717, 1.165) is 16.7 Å². The molecule has 46 heavy (non-hydrogen) atoms. The molecule has 1 aliphatic heterocycles. The van der Waals surface area contributed by atoms with Crippen molar-refractivity contribution >= 4 is 17.5 Å². The van der Waals surface area contributed by atoms with Crippen molar-refractivity contribution in [1.82, 2.24) is 14.7 Å². The van der Waals surface area contributed by atoms with Crippen molar-refractivity contribution in [2.75, 3.05) is 6.54 Å². The van der Waals surface area contributed by atoms with E-state index in [-0.39, 0.29) is 18.1 Å². The summed E-state index contributed by atoms with van der Waals surface area (Å²) in [6.07, 6.45) is 1.52. The molecule has 1 saturated heterocycles. The van der Waals surface area contributed by atoms with E-state index in [9.17, 15) is 19.1 Å². The minimum absolute atomic E-state index is 0.00762. The molecule has 9 heteroatoms. The third-order valence-corrected chi connectivity index (χ3v) is 8.55. The molecule has 3 atom stereocenters. The standard InChI is InChI=1S/C37H33ClFN3O4/c38-29-18-16-27(17-19-29)33(28-13-7-14-30(39)21-28)35(43)31-15-8-20-42(31)37(45)34-36(44)32(46-24-26-11-5-2-6-12-26)23-41(40-34)22-25-9-3-1-4-10-25/h1-7,9-14,16-19,21,23,31,33,35,43H,8,15,20,22,24H2/t31-,33+,35+/m1/s1. The number of nitrogens with zero attached hydrogens (tertiary/aromatic N) is 3. The Kier molecular flexibility index (Phi) is 9.57. The lowest BCUT2D eigenvalue weighted by atomic mass is 9.82. The Hall–Kier alpha value is -4.79. The number of halogens is 2. The summed E-state index contributed by atoms with van der Waals surface area (Å²) < 4.78 is 21.9. The van der Waals surface area contributed by atoms with Crippen LogP contribution < -0.4 is 10.2 Å². The molecule has 0 saturated carbocycles. The SMILES string of the molecule is O=C(c1nn(Cc2ccccc2)cc(OCc2ccccc2)c1=O)N1CCC[C@@H]1[C@H](O)[C@@H](c1ccc(Cl)cc1)c1cccc(F)c1. The lowest BCUT2D eigenvalue weighted by molar-refractivity contribution is 0.0429. The van der Waals surface area contributed by atoms with Crippen LogP contribution in [0.4, 0.5) is 4.39 Å². The monoisotopic (exact) mass is 637 g/mol. The molecule has 2 heterocycles. The number of benzene rings is 4. The average molecular weight is 638 g/mol. The second-order valence-corrected chi connectivity index (χ2v) is 11.8. The molecule has 4 aromatic carbocycles. The fourth-order valence-corrected chi connectivity index (χ4v) is 6.18. The van der Waals surface area contributed by atoms with Gasteiger partial charge in [-0.15, -0.1) is 0 Å². The third kappa shape index (κ3) is 7.03. The zero-order chi connectivity index (χ0) is 32.0. The molecule has 0 aliphatic carbocycles. The van der Waals surface area contributed by atoms with Crippen molar-refractivity contribution in [3.8, 4) is 5.75 Å². The first kappa shape index (κ1) is 31.2. The first-order chi connectivity index (χ1) is 22.4. The van der Waals surface area contributed by atoms with Gasteiger partial charge in [-0.25, -0.2) is 4.39 Å². The van der Waals surface area contributed by atoms with Crippen LogP contribution in [0.25, 0.3) is 0 Å². The number of hydrogen-bond acceptors (Lipinski definition) is 5. The van der Waals surface area contributed by atoms with Crippen LogP contribution in [0.3, 0.4) is 0 Å². The number of carbonyl (C=O) groups is 1. The van der Waals surface area contributed by atoms with E-state index in [0.29, 0.717) is 36.5 Å². The summed E-state index contributed by atoms with van der Waals surface area (Å²) >= 11 is 6.15. The van der Waals surface area contributed by atoms with Crippen molar-refractivity contribution in [3.05, 3.63) is 164 Å². The van der Waals surface area contributed by atoms with Crippen molar-refractivity contribution in [3.63, 3.8) is 0 Å². The third-order valence-electron chi connectivity index (χ3n) is 8.29. The largest absolute Gasteiger partial charge is 0.483 e. The molecule has 6 rings (SSSR count). The fourth-order valence-electron chi connectivity index (χ4n) is 6.06. The highest BCUT2D eigenvalue weighted by Crippen LogP contribution is 2.35. The van der Waals surface area contributed by atoms with Gasteiger partial charge >= 0.3 is 0 Å². The Bertz CT molecular complexity index is 1850. The summed E-state index contributed by atoms with van der Waals surface area (Å²) in [5.41, 5.74) is 2.19. The molecule has 1 aliphatic rings. The molecule has 1 N–H and O–H groups in total. The Morgan fingerprint density at radius 1 is 0.935 bits per heavy atom. The van der Waals surface area contributed by atoms with Gasteiger partial charge in [-0.3, -0.25) is 14.3 Å². The summed E-state index contributed by atoms with van der Waals surface area (Å²) in [5.74, 6) is -1.67. The van der Waals surface area contributed by atoms with Gasteiger partial charge in [-0.2, -0.15) is 5.10 Å². The average Bonchev–Trinajstić information content (AvgIpc) is 3.57. The normalized spacial score (nSPS) is 15.8. The Labute approximate surface area is 271 Å². The van der Waals surface area contributed by atoms with E-state index >= 15 is 0 Å². The maximum Gasteiger partial charge on any atom is 0.278 e. The number of carbonyl (C=O) groups excluding carboxylic acids is 1. The van der Waals surface area contributed by atoms with Crippen LogP contribution in [-0.2, 0) is 13.2 Å². The summed E-state index contributed by atoms with van der Waals surface area (Å²) in [6, 6.07) is 31.5. The maximum absolute atomic E-state index is 14.4. The van der Waals surface area contributed by atoms with Crippen molar-refractivity contribution in [1.29, 1.82) is 0 Å². The lowest BCUT2D eigenvalue weighted by Gasteiger charge is -2.34. The van der Waals surface area contributed by atoms with Gasteiger partial charge in [0.1, 0.15) is 12.4 Å². The predicted octanol–water partition coefficient (Wildman–Crippen LogP) is 6.46. The van der Waals surface area contributed by atoms with Crippen LogP contribution in [0.15, 0.2) is 120 Å². The molecule has 1 fully saturated rings. The molecular weight excluding hydrogens is 605 g/mol. The number of hydrogen-bond donors (Lipinski definition) is 1. The van der Waals surface area contributed by atoms with Crippen LogP contribution in [0.5, 0.6) is 5.75 Å². The van der Waals surface area contributed by atoms with Crippen molar-refractivity contribution in [2.24, 2.45) is 0 Å². The molecule has 1 aromatic heterocycles. The van der Waals surface area contributed by atoms with Gasteiger partial charge in [-0.1, -0.05) is 96.5 Å². The van der Waals surface area contributed by atoms with Crippen LogP contribution in [0.2, 0.25) is 5.02 Å². The summed E-state index contributed by atoms with van der Waals surface area (Å²) in [7, 11) is 0. The zero-order valence-electron chi connectivity index (χ0n) is 25.0. The molecular formula is C37H33ClFN3O4. The molecule has 0 spiro atoms. The van der Waals surface area contributed by atoms with Crippen LogP contribution in [0.1, 0.15) is 51.5 Å². The number of amides is 1. The zero-order valence-corrected chi connectivity index (χ0v) is 25.8. The second-order valence-electron chi connectivity index (χ2n) is 11.4. The first-order valence-corrected chi connectivity index (χ1v) is 15.6. The Morgan fingerprint density at radius 3 is 2.33 bits per heavy atom. The van der Waals surface area contributed by atoms with Crippen LogP contribution in [0, 0.1) is 5.82 Å². The van der Waals surface area contributed by atoms with Gasteiger partial charge in [0.05, 0.1) is 24.9 Å². The molecule has 5 aromatic rings. The van der Waals surface area contributed by atoms with Gasteiger partial charge in [0.2, 0.25) is 0 Å². The van der Waals surface area contributed by atoms with E-state index in [1.165, 1.54) is 27.9 Å². The highest BCUT2D eigenvalue weighted by molar-refractivity contribution is 6.30.